The second kappa shape index (κ2) is 9.67. The van der Waals surface area contributed by atoms with Crippen molar-refractivity contribution in [1.29, 1.82) is 5.26 Å². The molecule has 0 fully saturated rings. The summed E-state index contributed by atoms with van der Waals surface area (Å²) < 4.78 is 30.4. The normalized spacial score (nSPS) is 11.5. The van der Waals surface area contributed by atoms with Gasteiger partial charge in [-0.05, 0) is 60.7 Å². The van der Waals surface area contributed by atoms with Crippen LogP contribution in [0.3, 0.4) is 0 Å². The van der Waals surface area contributed by atoms with Crippen LogP contribution in [0.25, 0.3) is 6.08 Å². The van der Waals surface area contributed by atoms with Gasteiger partial charge in [0.05, 0.1) is 0 Å². The summed E-state index contributed by atoms with van der Waals surface area (Å²) in [5, 5.41) is 12.8. The summed E-state index contributed by atoms with van der Waals surface area (Å²) in [6, 6.07) is 19.9. The second-order valence-electron chi connectivity index (χ2n) is 6.16. The lowest BCUT2D eigenvalue weighted by Gasteiger charge is -2.11. The number of carbonyl (C=O) groups excluding carboxylic acids is 1. The van der Waals surface area contributed by atoms with Crippen LogP contribution in [-0.2, 0) is 14.9 Å². The van der Waals surface area contributed by atoms with Crippen LogP contribution >= 0.6 is 23.2 Å². The molecule has 3 aromatic rings. The molecule has 0 aliphatic heterocycles. The van der Waals surface area contributed by atoms with E-state index >= 15 is 0 Å². The van der Waals surface area contributed by atoms with E-state index in [4.69, 9.17) is 27.4 Å². The Bertz CT molecular complexity index is 1280. The highest BCUT2D eigenvalue weighted by Gasteiger charge is 2.19. The smallest absolute Gasteiger partial charge is 0.339 e. The number of hydrogen-bond donors (Lipinski definition) is 1. The lowest BCUT2D eigenvalue weighted by molar-refractivity contribution is -0.112. The van der Waals surface area contributed by atoms with Crippen molar-refractivity contribution in [3.63, 3.8) is 0 Å². The predicted octanol–water partition coefficient (Wildman–Crippen LogP) is 5.31. The van der Waals surface area contributed by atoms with E-state index in [0.29, 0.717) is 10.7 Å². The number of rotatable bonds is 6. The first-order valence-electron chi connectivity index (χ1n) is 8.76. The van der Waals surface area contributed by atoms with Gasteiger partial charge in [0, 0.05) is 21.3 Å². The quantitative estimate of drug-likeness (QED) is 0.298. The molecular weight excluding hydrogens is 459 g/mol. The highest BCUT2D eigenvalue weighted by atomic mass is 35.5. The van der Waals surface area contributed by atoms with E-state index in [0.717, 1.165) is 0 Å². The minimum atomic E-state index is -4.13. The third-order valence-electron chi connectivity index (χ3n) is 3.97. The van der Waals surface area contributed by atoms with Crippen molar-refractivity contribution in [3.8, 4) is 11.8 Å². The highest BCUT2D eigenvalue weighted by molar-refractivity contribution is 7.87. The number of hydrogen-bond acceptors (Lipinski definition) is 5. The maximum absolute atomic E-state index is 12.6. The monoisotopic (exact) mass is 472 g/mol. The van der Waals surface area contributed by atoms with Gasteiger partial charge >= 0.3 is 10.1 Å². The number of benzene rings is 3. The van der Waals surface area contributed by atoms with Gasteiger partial charge in [0.15, 0.2) is 0 Å². The van der Waals surface area contributed by atoms with E-state index in [9.17, 15) is 18.5 Å². The molecular formula is C22H14Cl2N2O4S. The fraction of sp³-hybridized carbons (Fsp3) is 0. The fourth-order valence-corrected chi connectivity index (χ4v) is 3.78. The predicted molar refractivity (Wildman–Crippen MR) is 119 cm³/mol. The molecule has 0 radical (unpaired) electrons. The third-order valence-corrected chi connectivity index (χ3v) is 5.71. The Labute approximate surface area is 189 Å². The number of halogens is 2. The van der Waals surface area contributed by atoms with Crippen LogP contribution in [-0.4, -0.2) is 14.3 Å². The summed E-state index contributed by atoms with van der Waals surface area (Å²) in [5.41, 5.74) is 0.304. The van der Waals surface area contributed by atoms with Crippen molar-refractivity contribution in [3.05, 3.63) is 94.0 Å². The summed E-state index contributed by atoms with van der Waals surface area (Å²) in [6.07, 6.45) is 1.20. The zero-order valence-corrected chi connectivity index (χ0v) is 18.1. The molecule has 0 aliphatic carbocycles. The Hall–Kier alpha value is -3.31. The second-order valence-corrected chi connectivity index (χ2v) is 8.58. The molecule has 1 N–H and O–H groups in total. The maximum atomic E-state index is 12.6. The van der Waals surface area contributed by atoms with E-state index < -0.39 is 16.0 Å². The average Bonchev–Trinajstić information content (AvgIpc) is 2.75. The number of nitriles is 1. The van der Waals surface area contributed by atoms with E-state index in [1.165, 1.54) is 36.4 Å². The van der Waals surface area contributed by atoms with Gasteiger partial charge in [-0.3, -0.25) is 4.79 Å². The minimum absolute atomic E-state index is 0.0409. The van der Waals surface area contributed by atoms with Crippen LogP contribution in [0.4, 0.5) is 5.69 Å². The fourth-order valence-electron chi connectivity index (χ4n) is 2.50. The van der Waals surface area contributed by atoms with E-state index in [2.05, 4.69) is 5.32 Å². The Morgan fingerprint density at radius 3 is 2.26 bits per heavy atom. The Morgan fingerprint density at radius 2 is 1.61 bits per heavy atom. The standard InChI is InChI=1S/C22H14Cl2N2O4S/c23-17-6-9-19(10-7-17)26-22(27)16(14-25)12-15-13-18(24)8-11-21(15)30-31(28,29)20-4-2-1-3-5-20/h1-13H,(H,26,27)/b16-12+. The van der Waals surface area contributed by atoms with Crippen molar-refractivity contribution in [1.82, 2.24) is 0 Å². The summed E-state index contributed by atoms with van der Waals surface area (Å²) in [6.45, 7) is 0. The Morgan fingerprint density at radius 1 is 0.968 bits per heavy atom. The molecule has 0 heterocycles. The molecule has 0 saturated heterocycles. The van der Waals surface area contributed by atoms with Crippen LogP contribution < -0.4 is 9.50 Å². The molecule has 31 heavy (non-hydrogen) atoms. The third kappa shape index (κ3) is 5.86. The first-order chi connectivity index (χ1) is 14.8. The Balaban J connectivity index is 1.93. The van der Waals surface area contributed by atoms with Gasteiger partial charge < -0.3 is 9.50 Å². The first-order valence-corrected chi connectivity index (χ1v) is 10.9. The molecule has 9 heteroatoms. The van der Waals surface area contributed by atoms with Crippen LogP contribution in [0.1, 0.15) is 5.56 Å². The molecule has 0 atom stereocenters. The van der Waals surface area contributed by atoms with Crippen molar-refractivity contribution in [2.75, 3.05) is 5.32 Å². The molecule has 0 aliphatic rings. The topological polar surface area (TPSA) is 96.3 Å². The van der Waals surface area contributed by atoms with Crippen LogP contribution in [0, 0.1) is 11.3 Å². The first kappa shape index (κ1) is 22.4. The van der Waals surface area contributed by atoms with Crippen molar-refractivity contribution in [2.45, 2.75) is 4.90 Å². The van der Waals surface area contributed by atoms with Crippen molar-refractivity contribution >= 4 is 51.0 Å². The number of anilines is 1. The number of amides is 1. The number of nitrogens with one attached hydrogen (secondary N) is 1. The molecule has 3 rings (SSSR count). The lowest BCUT2D eigenvalue weighted by atomic mass is 10.1. The molecule has 0 spiro atoms. The molecule has 0 aromatic heterocycles. The van der Waals surface area contributed by atoms with E-state index in [1.807, 2.05) is 0 Å². The molecule has 6 nitrogen and oxygen atoms in total. The number of carbonyl (C=O) groups is 1. The summed E-state index contributed by atoms with van der Waals surface area (Å²) in [5.74, 6) is -0.776. The van der Waals surface area contributed by atoms with Gasteiger partial charge in [-0.1, -0.05) is 41.4 Å². The zero-order valence-electron chi connectivity index (χ0n) is 15.7. The van der Waals surface area contributed by atoms with Gasteiger partial charge in [0.25, 0.3) is 5.91 Å². The van der Waals surface area contributed by atoms with Gasteiger partial charge in [-0.2, -0.15) is 13.7 Å². The molecule has 1 amide bonds. The number of nitrogens with zero attached hydrogens (tertiary/aromatic N) is 1. The lowest BCUT2D eigenvalue weighted by Crippen LogP contribution is -2.14. The molecule has 3 aromatic carbocycles. The van der Waals surface area contributed by atoms with E-state index in [-0.39, 0.29) is 26.8 Å². The molecule has 0 bridgehead atoms. The van der Waals surface area contributed by atoms with Gasteiger partial charge in [0.2, 0.25) is 0 Å². The van der Waals surface area contributed by atoms with Crippen molar-refractivity contribution < 1.29 is 17.4 Å². The molecule has 156 valence electrons. The summed E-state index contributed by atoms with van der Waals surface area (Å²) in [7, 11) is -4.13. The van der Waals surface area contributed by atoms with Crippen LogP contribution in [0.15, 0.2) is 83.3 Å². The highest BCUT2D eigenvalue weighted by Crippen LogP contribution is 2.28. The maximum Gasteiger partial charge on any atom is 0.339 e. The largest absolute Gasteiger partial charge is 0.378 e. The average molecular weight is 473 g/mol. The van der Waals surface area contributed by atoms with Gasteiger partial charge in [0.1, 0.15) is 22.3 Å². The van der Waals surface area contributed by atoms with E-state index in [1.54, 1.807) is 48.5 Å². The Kier molecular flexibility index (Phi) is 6.98. The molecule has 0 unspecified atom stereocenters. The van der Waals surface area contributed by atoms with Gasteiger partial charge in [-0.25, -0.2) is 0 Å². The van der Waals surface area contributed by atoms with Gasteiger partial charge in [-0.15, -0.1) is 0 Å². The molecule has 0 saturated carbocycles. The zero-order chi connectivity index (χ0) is 22.4. The minimum Gasteiger partial charge on any atom is -0.378 e. The van der Waals surface area contributed by atoms with Crippen LogP contribution in [0.5, 0.6) is 5.75 Å². The van der Waals surface area contributed by atoms with Crippen LogP contribution in [0.2, 0.25) is 10.0 Å². The van der Waals surface area contributed by atoms with Crippen molar-refractivity contribution in [2.24, 2.45) is 0 Å². The summed E-state index contributed by atoms with van der Waals surface area (Å²) in [4.78, 5) is 12.5. The summed E-state index contributed by atoms with van der Waals surface area (Å²) >= 11 is 11.8. The SMILES string of the molecule is N#C/C(=C\c1cc(Cl)ccc1OS(=O)(=O)c1ccccc1)C(=O)Nc1ccc(Cl)cc1.